The highest BCUT2D eigenvalue weighted by Crippen LogP contribution is 2.09. The van der Waals surface area contributed by atoms with Crippen molar-refractivity contribution in [3.8, 4) is 0 Å². The van der Waals surface area contributed by atoms with Gasteiger partial charge in [0.25, 0.3) is 0 Å². The number of aliphatic hydroxyl groups is 1. The molecule has 0 fully saturated rings. The Morgan fingerprint density at radius 1 is 1.38 bits per heavy atom. The van der Waals surface area contributed by atoms with E-state index in [-0.39, 0.29) is 19.3 Å². The SMILES string of the molecule is OCCOC1=NC=NC2=NC=NC21. The zero-order valence-corrected chi connectivity index (χ0v) is 6.79. The second kappa shape index (κ2) is 3.44. The molecule has 0 aliphatic carbocycles. The summed E-state index contributed by atoms with van der Waals surface area (Å²) < 4.78 is 5.16. The number of rotatable bonds is 2. The molecule has 0 spiro atoms. The maximum atomic E-state index is 8.56. The Bertz CT molecular complexity index is 318. The van der Waals surface area contributed by atoms with Crippen molar-refractivity contribution < 1.29 is 9.84 Å². The molecule has 2 aliphatic heterocycles. The number of hydrogen-bond donors (Lipinski definition) is 1. The first-order valence-corrected chi connectivity index (χ1v) is 3.85. The molecule has 6 heteroatoms. The van der Waals surface area contributed by atoms with Gasteiger partial charge in [0.1, 0.15) is 19.3 Å². The number of aliphatic hydroxyl groups excluding tert-OH is 1. The fraction of sp³-hybridized carbons (Fsp3) is 0.429. The average Bonchev–Trinajstić information content (AvgIpc) is 2.62. The predicted octanol–water partition coefficient (Wildman–Crippen LogP) is -0.755. The number of nitrogens with zero attached hydrogens (tertiary/aromatic N) is 4. The quantitative estimate of drug-likeness (QED) is 0.606. The van der Waals surface area contributed by atoms with Gasteiger partial charge in [-0.2, -0.15) is 0 Å². The van der Waals surface area contributed by atoms with Crippen LogP contribution in [0.15, 0.2) is 20.0 Å². The van der Waals surface area contributed by atoms with E-state index in [0.717, 1.165) is 0 Å². The zero-order valence-electron chi connectivity index (χ0n) is 6.79. The smallest absolute Gasteiger partial charge is 0.223 e. The van der Waals surface area contributed by atoms with Gasteiger partial charge >= 0.3 is 0 Å². The summed E-state index contributed by atoms with van der Waals surface area (Å²) in [5.74, 6) is 1.03. The first-order valence-electron chi connectivity index (χ1n) is 3.85. The highest BCUT2D eigenvalue weighted by atomic mass is 16.5. The van der Waals surface area contributed by atoms with Crippen molar-refractivity contribution in [2.45, 2.75) is 6.04 Å². The Labute approximate surface area is 74.4 Å². The summed E-state index contributed by atoms with van der Waals surface area (Å²) in [4.78, 5) is 15.8. The molecular weight excluding hydrogens is 172 g/mol. The van der Waals surface area contributed by atoms with Crippen LogP contribution < -0.4 is 0 Å². The zero-order chi connectivity index (χ0) is 9.10. The molecule has 0 saturated carbocycles. The van der Waals surface area contributed by atoms with Crippen LogP contribution in [0.1, 0.15) is 0 Å². The van der Waals surface area contributed by atoms with Crippen molar-refractivity contribution in [3.05, 3.63) is 0 Å². The average molecular weight is 180 g/mol. The van der Waals surface area contributed by atoms with Gasteiger partial charge in [0.15, 0.2) is 11.9 Å². The van der Waals surface area contributed by atoms with Crippen molar-refractivity contribution in [2.75, 3.05) is 13.2 Å². The number of amidine groups is 1. The molecule has 0 bridgehead atoms. The third-order valence-electron chi connectivity index (χ3n) is 1.60. The monoisotopic (exact) mass is 180 g/mol. The Balaban J connectivity index is 2.10. The topological polar surface area (TPSA) is 78.9 Å². The highest BCUT2D eigenvalue weighted by molar-refractivity contribution is 6.18. The van der Waals surface area contributed by atoms with Crippen LogP contribution in [-0.4, -0.2) is 48.8 Å². The number of fused-ring (bicyclic) bond motifs is 1. The van der Waals surface area contributed by atoms with Crippen LogP contribution in [0.3, 0.4) is 0 Å². The first-order chi connectivity index (χ1) is 6.42. The normalized spacial score (nSPS) is 23.9. The summed E-state index contributed by atoms with van der Waals surface area (Å²) in [5.41, 5.74) is 0. The van der Waals surface area contributed by atoms with E-state index in [1.165, 1.54) is 12.7 Å². The summed E-state index contributed by atoms with van der Waals surface area (Å²) >= 11 is 0. The number of hydrogen-bond acceptors (Lipinski definition) is 6. The third-order valence-corrected chi connectivity index (χ3v) is 1.60. The van der Waals surface area contributed by atoms with Crippen molar-refractivity contribution in [1.29, 1.82) is 0 Å². The Hall–Kier alpha value is -1.56. The summed E-state index contributed by atoms with van der Waals surface area (Å²) in [6, 6.07) is -0.309. The molecule has 13 heavy (non-hydrogen) atoms. The lowest BCUT2D eigenvalue weighted by atomic mass is 10.3. The van der Waals surface area contributed by atoms with Gasteiger partial charge in [-0.15, -0.1) is 0 Å². The largest absolute Gasteiger partial charge is 0.476 e. The van der Waals surface area contributed by atoms with Crippen LogP contribution in [0.5, 0.6) is 0 Å². The molecular formula is C7H8N4O2. The molecule has 2 rings (SSSR count). The predicted molar refractivity (Wildman–Crippen MR) is 48.7 cm³/mol. The van der Waals surface area contributed by atoms with Gasteiger partial charge in [-0.3, -0.25) is 4.99 Å². The van der Waals surface area contributed by atoms with E-state index in [9.17, 15) is 0 Å². The standard InChI is InChI=1S/C7H8N4O2/c12-1-2-13-7-5-6(9-3-8-5)10-4-11-7/h3-5,12H,1-2H2. The maximum Gasteiger partial charge on any atom is 0.223 e. The molecule has 0 amide bonds. The Kier molecular flexibility index (Phi) is 2.13. The molecule has 6 nitrogen and oxygen atoms in total. The van der Waals surface area contributed by atoms with E-state index in [1.807, 2.05) is 0 Å². The minimum absolute atomic E-state index is 0.0426. The molecule has 0 aromatic rings. The summed E-state index contributed by atoms with van der Waals surface area (Å²) in [7, 11) is 0. The lowest BCUT2D eigenvalue weighted by Gasteiger charge is -2.13. The van der Waals surface area contributed by atoms with E-state index < -0.39 is 0 Å². The second-order valence-electron chi connectivity index (χ2n) is 2.44. The molecule has 1 atom stereocenters. The van der Waals surface area contributed by atoms with Gasteiger partial charge in [-0.1, -0.05) is 0 Å². The van der Waals surface area contributed by atoms with Crippen molar-refractivity contribution >= 4 is 24.4 Å². The first kappa shape index (κ1) is 8.06. The fourth-order valence-electron chi connectivity index (χ4n) is 1.06. The number of ether oxygens (including phenoxy) is 1. The molecule has 0 saturated heterocycles. The molecule has 0 aromatic heterocycles. The Morgan fingerprint density at radius 3 is 3.15 bits per heavy atom. The minimum atomic E-state index is -0.309. The van der Waals surface area contributed by atoms with Crippen LogP contribution in [0, 0.1) is 0 Å². The van der Waals surface area contributed by atoms with Crippen molar-refractivity contribution in [2.24, 2.45) is 20.0 Å². The molecule has 1 unspecified atom stereocenters. The Morgan fingerprint density at radius 2 is 2.31 bits per heavy atom. The van der Waals surface area contributed by atoms with Crippen LogP contribution in [0.25, 0.3) is 0 Å². The molecule has 0 aromatic carbocycles. The molecule has 68 valence electrons. The van der Waals surface area contributed by atoms with Gasteiger partial charge in [0, 0.05) is 0 Å². The van der Waals surface area contributed by atoms with Gasteiger partial charge in [0.05, 0.1) is 6.61 Å². The fourth-order valence-corrected chi connectivity index (χ4v) is 1.06. The van der Waals surface area contributed by atoms with E-state index in [4.69, 9.17) is 9.84 Å². The summed E-state index contributed by atoms with van der Waals surface area (Å²) in [6.07, 6.45) is 2.80. The van der Waals surface area contributed by atoms with Gasteiger partial charge < -0.3 is 9.84 Å². The van der Waals surface area contributed by atoms with Crippen LogP contribution >= 0.6 is 0 Å². The van der Waals surface area contributed by atoms with Crippen LogP contribution in [0.4, 0.5) is 0 Å². The van der Waals surface area contributed by atoms with E-state index in [1.54, 1.807) is 0 Å². The summed E-state index contributed by atoms with van der Waals surface area (Å²) in [6.45, 7) is 0.172. The van der Waals surface area contributed by atoms with Gasteiger partial charge in [0.2, 0.25) is 5.90 Å². The van der Waals surface area contributed by atoms with Gasteiger partial charge in [-0.05, 0) is 0 Å². The highest BCUT2D eigenvalue weighted by Gasteiger charge is 2.27. The number of aliphatic imine (C=N–C) groups is 4. The molecule has 2 heterocycles. The maximum absolute atomic E-state index is 8.56. The molecule has 1 N–H and O–H groups in total. The lowest BCUT2D eigenvalue weighted by Crippen LogP contribution is -2.30. The van der Waals surface area contributed by atoms with Gasteiger partial charge in [-0.25, -0.2) is 15.0 Å². The van der Waals surface area contributed by atoms with Crippen molar-refractivity contribution in [1.82, 2.24) is 0 Å². The minimum Gasteiger partial charge on any atom is -0.476 e. The van der Waals surface area contributed by atoms with Crippen molar-refractivity contribution in [3.63, 3.8) is 0 Å². The van der Waals surface area contributed by atoms with E-state index >= 15 is 0 Å². The second-order valence-corrected chi connectivity index (χ2v) is 2.44. The summed E-state index contributed by atoms with van der Waals surface area (Å²) in [5, 5.41) is 8.56. The molecule has 2 aliphatic rings. The van der Waals surface area contributed by atoms with E-state index in [0.29, 0.717) is 11.7 Å². The van der Waals surface area contributed by atoms with Crippen LogP contribution in [-0.2, 0) is 4.74 Å². The lowest BCUT2D eigenvalue weighted by molar-refractivity contribution is 0.190. The third kappa shape index (κ3) is 1.48. The molecule has 0 radical (unpaired) electrons. The van der Waals surface area contributed by atoms with E-state index in [2.05, 4.69) is 20.0 Å². The van der Waals surface area contributed by atoms with Crippen LogP contribution in [0.2, 0.25) is 0 Å².